The summed E-state index contributed by atoms with van der Waals surface area (Å²) >= 11 is 3.50. The monoisotopic (exact) mass is 242 g/mol. The SMILES string of the molecule is CC(=O)c1cnc(N2CCSC(C)C2)s1. The van der Waals surface area contributed by atoms with E-state index in [9.17, 15) is 4.79 Å². The summed E-state index contributed by atoms with van der Waals surface area (Å²) in [5.41, 5.74) is 0. The number of thiazole rings is 1. The first-order valence-electron chi connectivity index (χ1n) is 5.00. The molecule has 0 amide bonds. The molecular weight excluding hydrogens is 228 g/mol. The van der Waals surface area contributed by atoms with Crippen LogP contribution >= 0.6 is 23.1 Å². The van der Waals surface area contributed by atoms with Crippen molar-refractivity contribution in [3.05, 3.63) is 11.1 Å². The number of carbonyl (C=O) groups is 1. The smallest absolute Gasteiger partial charge is 0.186 e. The molecule has 1 aromatic heterocycles. The highest BCUT2D eigenvalue weighted by Gasteiger charge is 2.19. The number of aromatic nitrogens is 1. The lowest BCUT2D eigenvalue weighted by Gasteiger charge is -2.30. The number of thioether (sulfide) groups is 1. The second-order valence-corrected chi connectivity index (χ2v) is 6.25. The zero-order chi connectivity index (χ0) is 10.8. The maximum absolute atomic E-state index is 11.2. The minimum atomic E-state index is 0.109. The number of anilines is 1. The van der Waals surface area contributed by atoms with Gasteiger partial charge in [0.25, 0.3) is 0 Å². The molecule has 82 valence electrons. The van der Waals surface area contributed by atoms with E-state index in [2.05, 4.69) is 16.8 Å². The Hall–Kier alpha value is -0.550. The molecule has 0 bridgehead atoms. The molecule has 15 heavy (non-hydrogen) atoms. The van der Waals surface area contributed by atoms with Gasteiger partial charge in [-0.2, -0.15) is 11.8 Å². The molecule has 0 saturated carbocycles. The Balaban J connectivity index is 2.11. The normalized spacial score (nSPS) is 21.7. The summed E-state index contributed by atoms with van der Waals surface area (Å²) in [6, 6.07) is 0. The van der Waals surface area contributed by atoms with Gasteiger partial charge in [0.05, 0.1) is 11.1 Å². The molecule has 1 saturated heterocycles. The zero-order valence-corrected chi connectivity index (χ0v) is 10.5. The van der Waals surface area contributed by atoms with E-state index < -0.39 is 0 Å². The summed E-state index contributed by atoms with van der Waals surface area (Å²) in [5.74, 6) is 1.26. The van der Waals surface area contributed by atoms with Gasteiger partial charge in [0.2, 0.25) is 0 Å². The Labute approximate surface area is 97.9 Å². The van der Waals surface area contributed by atoms with E-state index in [1.54, 1.807) is 13.1 Å². The molecule has 1 atom stereocenters. The number of Topliss-reactive ketones (excluding diaryl/α,β-unsaturated/α-hetero) is 1. The average molecular weight is 242 g/mol. The van der Waals surface area contributed by atoms with E-state index in [-0.39, 0.29) is 5.78 Å². The van der Waals surface area contributed by atoms with Crippen LogP contribution < -0.4 is 4.90 Å². The summed E-state index contributed by atoms with van der Waals surface area (Å²) in [6.07, 6.45) is 1.69. The summed E-state index contributed by atoms with van der Waals surface area (Å²) in [7, 11) is 0. The highest BCUT2D eigenvalue weighted by molar-refractivity contribution is 8.00. The van der Waals surface area contributed by atoms with Crippen molar-refractivity contribution >= 4 is 34.0 Å². The Morgan fingerprint density at radius 2 is 2.47 bits per heavy atom. The van der Waals surface area contributed by atoms with Crippen LogP contribution in [0.15, 0.2) is 6.20 Å². The summed E-state index contributed by atoms with van der Waals surface area (Å²) in [5, 5.41) is 1.65. The third-order valence-corrected chi connectivity index (χ3v) is 4.65. The fourth-order valence-corrected chi connectivity index (χ4v) is 3.43. The first-order valence-corrected chi connectivity index (χ1v) is 6.86. The summed E-state index contributed by atoms with van der Waals surface area (Å²) in [6.45, 7) is 5.90. The van der Waals surface area contributed by atoms with Gasteiger partial charge in [-0.05, 0) is 0 Å². The van der Waals surface area contributed by atoms with Crippen molar-refractivity contribution in [2.24, 2.45) is 0 Å². The molecule has 1 fully saturated rings. The second-order valence-electron chi connectivity index (χ2n) is 3.69. The molecule has 2 heterocycles. The van der Waals surface area contributed by atoms with Crippen molar-refractivity contribution in [1.29, 1.82) is 0 Å². The number of rotatable bonds is 2. The number of ketones is 1. The topological polar surface area (TPSA) is 33.2 Å². The fraction of sp³-hybridized carbons (Fsp3) is 0.600. The van der Waals surface area contributed by atoms with E-state index in [1.165, 1.54) is 11.3 Å². The van der Waals surface area contributed by atoms with Crippen molar-refractivity contribution in [2.45, 2.75) is 19.1 Å². The third-order valence-electron chi connectivity index (χ3n) is 2.35. The van der Waals surface area contributed by atoms with Crippen molar-refractivity contribution in [1.82, 2.24) is 4.98 Å². The largest absolute Gasteiger partial charge is 0.346 e. The van der Waals surface area contributed by atoms with Gasteiger partial charge in [0.1, 0.15) is 0 Å². The van der Waals surface area contributed by atoms with Crippen molar-refractivity contribution in [3.63, 3.8) is 0 Å². The van der Waals surface area contributed by atoms with Gasteiger partial charge in [-0.3, -0.25) is 4.79 Å². The average Bonchev–Trinajstić information content (AvgIpc) is 2.66. The van der Waals surface area contributed by atoms with Crippen molar-refractivity contribution in [3.8, 4) is 0 Å². The van der Waals surface area contributed by atoms with E-state index in [1.807, 2.05) is 11.8 Å². The van der Waals surface area contributed by atoms with Crippen LogP contribution in [0.3, 0.4) is 0 Å². The van der Waals surface area contributed by atoms with Gasteiger partial charge in [-0.15, -0.1) is 0 Å². The Morgan fingerprint density at radius 1 is 1.67 bits per heavy atom. The van der Waals surface area contributed by atoms with E-state index in [0.29, 0.717) is 5.25 Å². The molecular formula is C10H14N2OS2. The first-order chi connectivity index (χ1) is 7.16. The lowest BCUT2D eigenvalue weighted by atomic mass is 10.4. The lowest BCUT2D eigenvalue weighted by molar-refractivity contribution is 0.102. The minimum absolute atomic E-state index is 0.109. The molecule has 5 heteroatoms. The maximum Gasteiger partial charge on any atom is 0.186 e. The van der Waals surface area contributed by atoms with Crippen LogP contribution in [0.1, 0.15) is 23.5 Å². The second kappa shape index (κ2) is 4.53. The quantitative estimate of drug-likeness (QED) is 0.745. The molecule has 2 rings (SSSR count). The predicted octanol–water partition coefficient (Wildman–Crippen LogP) is 2.29. The Bertz CT molecular complexity index is 364. The van der Waals surface area contributed by atoms with Crippen LogP contribution in [0.2, 0.25) is 0 Å². The number of carbonyl (C=O) groups excluding carboxylic acids is 1. The Kier molecular flexibility index (Phi) is 3.31. The molecule has 1 aliphatic rings. The summed E-state index contributed by atoms with van der Waals surface area (Å²) in [4.78, 5) is 18.5. The molecule has 0 radical (unpaired) electrons. The number of hydrogen-bond acceptors (Lipinski definition) is 5. The standard InChI is InChI=1S/C10H14N2OS2/c1-7-6-12(3-4-14-7)10-11-5-9(15-10)8(2)13/h5,7H,3-4,6H2,1-2H3. The molecule has 0 spiro atoms. The molecule has 1 unspecified atom stereocenters. The van der Waals surface area contributed by atoms with Gasteiger partial charge < -0.3 is 4.90 Å². The highest BCUT2D eigenvalue weighted by atomic mass is 32.2. The van der Waals surface area contributed by atoms with E-state index in [0.717, 1.165) is 28.9 Å². The van der Waals surface area contributed by atoms with Gasteiger partial charge in [-0.1, -0.05) is 18.3 Å². The van der Waals surface area contributed by atoms with Crippen LogP contribution in [0.5, 0.6) is 0 Å². The number of hydrogen-bond donors (Lipinski definition) is 0. The van der Waals surface area contributed by atoms with Gasteiger partial charge in [0, 0.05) is 31.0 Å². The van der Waals surface area contributed by atoms with Gasteiger partial charge in [0.15, 0.2) is 10.9 Å². The van der Waals surface area contributed by atoms with Crippen LogP contribution in [-0.2, 0) is 0 Å². The third kappa shape index (κ3) is 2.52. The Morgan fingerprint density at radius 3 is 3.07 bits per heavy atom. The highest BCUT2D eigenvalue weighted by Crippen LogP contribution is 2.27. The molecule has 1 aliphatic heterocycles. The van der Waals surface area contributed by atoms with E-state index >= 15 is 0 Å². The maximum atomic E-state index is 11.2. The van der Waals surface area contributed by atoms with Crippen LogP contribution in [0, 0.1) is 0 Å². The first kappa shape index (κ1) is 11.0. The number of nitrogens with zero attached hydrogens (tertiary/aromatic N) is 2. The lowest BCUT2D eigenvalue weighted by Crippen LogP contribution is -2.36. The van der Waals surface area contributed by atoms with Crippen LogP contribution in [0.4, 0.5) is 5.13 Å². The molecule has 0 aromatic carbocycles. The zero-order valence-electron chi connectivity index (χ0n) is 8.90. The fourth-order valence-electron chi connectivity index (χ4n) is 1.57. The molecule has 1 aromatic rings. The van der Waals surface area contributed by atoms with Crippen LogP contribution in [0.25, 0.3) is 0 Å². The summed E-state index contributed by atoms with van der Waals surface area (Å²) < 4.78 is 0. The predicted molar refractivity (Wildman–Crippen MR) is 66.3 cm³/mol. The van der Waals surface area contributed by atoms with Crippen molar-refractivity contribution in [2.75, 3.05) is 23.7 Å². The van der Waals surface area contributed by atoms with Crippen molar-refractivity contribution < 1.29 is 4.79 Å². The van der Waals surface area contributed by atoms with E-state index in [4.69, 9.17) is 0 Å². The minimum Gasteiger partial charge on any atom is -0.346 e. The molecule has 0 aliphatic carbocycles. The van der Waals surface area contributed by atoms with Crippen LogP contribution in [-0.4, -0.2) is 34.9 Å². The van der Waals surface area contributed by atoms with Gasteiger partial charge >= 0.3 is 0 Å². The molecule has 3 nitrogen and oxygen atoms in total. The molecule has 0 N–H and O–H groups in total. The van der Waals surface area contributed by atoms with Gasteiger partial charge in [-0.25, -0.2) is 4.98 Å².